The van der Waals surface area contributed by atoms with Gasteiger partial charge in [-0.2, -0.15) is 0 Å². The molecule has 0 saturated carbocycles. The van der Waals surface area contributed by atoms with Gasteiger partial charge in [0.15, 0.2) is 0 Å². The Morgan fingerprint density at radius 3 is 1.92 bits per heavy atom. The molecule has 5 aromatic rings. The number of aryl methyl sites for hydroxylation is 1. The Bertz CT molecular complexity index is 1630. The van der Waals surface area contributed by atoms with E-state index < -0.39 is 0 Å². The smallest absolute Gasteiger partial charge is 0.0771 e. The maximum atomic E-state index is 6.98. The van der Waals surface area contributed by atoms with Gasteiger partial charge in [-0.05, 0) is 85.0 Å². The molecule has 3 heteroatoms. The molecule has 2 unspecified atom stereocenters. The van der Waals surface area contributed by atoms with Crippen LogP contribution in [0.4, 0.5) is 28.4 Å². The number of para-hydroxylation sites is 3. The Labute approximate surface area is 236 Å². The Morgan fingerprint density at radius 2 is 1.23 bits per heavy atom. The van der Waals surface area contributed by atoms with Crippen LogP contribution in [0.25, 0.3) is 0 Å². The van der Waals surface area contributed by atoms with Gasteiger partial charge in [-0.25, -0.2) is 0 Å². The lowest BCUT2D eigenvalue weighted by molar-refractivity contribution is 0.245. The summed E-state index contributed by atoms with van der Waals surface area (Å²) in [5, 5.41) is 0.721. The van der Waals surface area contributed by atoms with E-state index in [0.717, 1.165) is 40.6 Å². The van der Waals surface area contributed by atoms with Gasteiger partial charge in [0.2, 0.25) is 0 Å². The molecule has 0 fully saturated rings. The Hall–Kier alpha value is -4.01. The fraction of sp³-hybridized carbons (Fsp3) is 0.167. The van der Waals surface area contributed by atoms with E-state index in [0.29, 0.717) is 0 Å². The van der Waals surface area contributed by atoms with Crippen molar-refractivity contribution in [2.24, 2.45) is 0 Å². The third kappa shape index (κ3) is 3.55. The second kappa shape index (κ2) is 9.03. The van der Waals surface area contributed by atoms with Crippen LogP contribution in [0, 0.1) is 0 Å². The van der Waals surface area contributed by atoms with Crippen LogP contribution in [0.5, 0.6) is 0 Å². The first kappa shape index (κ1) is 24.1. The summed E-state index contributed by atoms with van der Waals surface area (Å²) in [4.78, 5) is 4.84. The molecule has 39 heavy (non-hydrogen) atoms. The first-order valence-electron chi connectivity index (χ1n) is 13.7. The summed E-state index contributed by atoms with van der Waals surface area (Å²) in [6.07, 6.45) is 2.18. The summed E-state index contributed by atoms with van der Waals surface area (Å²) in [6, 6.07) is 45.5. The van der Waals surface area contributed by atoms with Crippen LogP contribution in [0.15, 0.2) is 127 Å². The molecular weight excluding hydrogens is 496 g/mol. The van der Waals surface area contributed by atoms with Crippen molar-refractivity contribution in [2.45, 2.75) is 37.6 Å². The van der Waals surface area contributed by atoms with E-state index in [4.69, 9.17) is 11.6 Å². The highest BCUT2D eigenvalue weighted by Crippen LogP contribution is 2.63. The number of hydrogen-bond acceptors (Lipinski definition) is 2. The van der Waals surface area contributed by atoms with Crippen LogP contribution in [0.2, 0.25) is 5.02 Å². The molecule has 2 aliphatic rings. The molecule has 2 nitrogen and oxygen atoms in total. The normalized spacial score (nSPS) is 21.2. The SMILES string of the molecule is CC12CCc3ccccc3C1(C)N(c1cc(Cl)cc(N(c3ccccc3)c3ccccc3)c1)c1ccccc12. The minimum absolute atomic E-state index is 0.0427. The number of benzene rings is 5. The van der Waals surface area contributed by atoms with Gasteiger partial charge in [-0.15, -0.1) is 0 Å². The van der Waals surface area contributed by atoms with Gasteiger partial charge in [0.1, 0.15) is 0 Å². The predicted octanol–water partition coefficient (Wildman–Crippen LogP) is 10.1. The minimum atomic E-state index is -0.266. The summed E-state index contributed by atoms with van der Waals surface area (Å²) < 4.78 is 0. The quantitative estimate of drug-likeness (QED) is 0.230. The first-order valence-corrected chi connectivity index (χ1v) is 14.1. The second-order valence-electron chi connectivity index (χ2n) is 11.1. The fourth-order valence-corrected chi connectivity index (χ4v) is 7.32. The van der Waals surface area contributed by atoms with Crippen LogP contribution in [0.3, 0.4) is 0 Å². The second-order valence-corrected chi connectivity index (χ2v) is 11.5. The van der Waals surface area contributed by atoms with Crippen molar-refractivity contribution in [3.8, 4) is 0 Å². The van der Waals surface area contributed by atoms with Crippen molar-refractivity contribution < 1.29 is 0 Å². The number of rotatable bonds is 4. The molecular formula is C36H31ClN2. The van der Waals surface area contributed by atoms with Crippen LogP contribution in [-0.4, -0.2) is 0 Å². The molecule has 0 amide bonds. The van der Waals surface area contributed by atoms with E-state index in [-0.39, 0.29) is 11.0 Å². The third-order valence-corrected chi connectivity index (χ3v) is 9.33. The summed E-state index contributed by atoms with van der Waals surface area (Å²) >= 11 is 6.98. The van der Waals surface area contributed by atoms with Crippen molar-refractivity contribution in [3.05, 3.63) is 149 Å². The van der Waals surface area contributed by atoms with Gasteiger partial charge in [0.25, 0.3) is 0 Å². The molecule has 0 N–H and O–H groups in total. The summed E-state index contributed by atoms with van der Waals surface area (Å²) in [5.41, 5.74) is 9.53. The Balaban J connectivity index is 1.47. The van der Waals surface area contributed by atoms with Crippen LogP contribution >= 0.6 is 11.6 Å². The number of hydrogen-bond donors (Lipinski definition) is 0. The van der Waals surface area contributed by atoms with Crippen molar-refractivity contribution in [1.29, 1.82) is 0 Å². The monoisotopic (exact) mass is 526 g/mol. The lowest BCUT2D eigenvalue weighted by Gasteiger charge is -2.51. The van der Waals surface area contributed by atoms with Crippen molar-refractivity contribution >= 4 is 40.0 Å². The molecule has 0 bridgehead atoms. The lowest BCUT2D eigenvalue weighted by Crippen LogP contribution is -2.53. The van der Waals surface area contributed by atoms with Crippen LogP contribution in [-0.2, 0) is 17.4 Å². The number of nitrogens with zero attached hydrogens (tertiary/aromatic N) is 2. The molecule has 0 saturated heterocycles. The topological polar surface area (TPSA) is 6.48 Å². The van der Waals surface area contributed by atoms with Crippen molar-refractivity contribution in [3.63, 3.8) is 0 Å². The zero-order valence-electron chi connectivity index (χ0n) is 22.3. The van der Waals surface area contributed by atoms with E-state index in [1.807, 2.05) is 0 Å². The average Bonchev–Trinajstić information content (AvgIpc) is 3.18. The van der Waals surface area contributed by atoms with Crippen molar-refractivity contribution in [1.82, 2.24) is 0 Å². The van der Waals surface area contributed by atoms with Gasteiger partial charge in [-0.3, -0.25) is 0 Å². The highest BCUT2D eigenvalue weighted by Gasteiger charge is 2.59. The molecule has 1 aliphatic heterocycles. The summed E-state index contributed by atoms with van der Waals surface area (Å²) in [5.74, 6) is 0. The number of anilines is 5. The molecule has 192 valence electrons. The van der Waals surface area contributed by atoms with E-state index in [1.54, 1.807) is 0 Å². The lowest BCUT2D eigenvalue weighted by atomic mass is 9.59. The first-order chi connectivity index (χ1) is 19.0. The zero-order valence-corrected chi connectivity index (χ0v) is 23.1. The van der Waals surface area contributed by atoms with Crippen LogP contribution < -0.4 is 9.80 Å². The van der Waals surface area contributed by atoms with Gasteiger partial charge in [0.05, 0.1) is 5.54 Å². The van der Waals surface area contributed by atoms with Crippen LogP contribution in [0.1, 0.15) is 37.0 Å². The minimum Gasteiger partial charge on any atom is -0.330 e. The predicted molar refractivity (Wildman–Crippen MR) is 164 cm³/mol. The van der Waals surface area contributed by atoms with Crippen molar-refractivity contribution in [2.75, 3.05) is 9.80 Å². The highest BCUT2D eigenvalue weighted by molar-refractivity contribution is 6.31. The van der Waals surface area contributed by atoms with Gasteiger partial charge >= 0.3 is 0 Å². The molecule has 0 radical (unpaired) electrons. The standard InChI is InChI=1S/C36H31ClN2/c1-35-22-21-26-13-9-10-18-32(26)36(35,2)39(34-20-12-11-19-33(34)35)31-24-27(37)23-30(25-31)38(28-14-5-3-6-15-28)29-16-7-4-8-17-29/h3-20,23-25H,21-22H2,1-2H3. The van der Waals surface area contributed by atoms with E-state index in [2.05, 4.69) is 151 Å². The molecule has 1 heterocycles. The van der Waals surface area contributed by atoms with Gasteiger partial charge in [0, 0.05) is 38.9 Å². The van der Waals surface area contributed by atoms with E-state index in [9.17, 15) is 0 Å². The molecule has 5 aromatic carbocycles. The molecule has 2 atom stereocenters. The van der Waals surface area contributed by atoms with E-state index in [1.165, 1.54) is 22.4 Å². The van der Waals surface area contributed by atoms with E-state index >= 15 is 0 Å². The summed E-state index contributed by atoms with van der Waals surface area (Å²) in [7, 11) is 0. The molecule has 1 aliphatic carbocycles. The highest BCUT2D eigenvalue weighted by atomic mass is 35.5. The molecule has 0 aromatic heterocycles. The maximum Gasteiger partial charge on any atom is 0.0771 e. The largest absolute Gasteiger partial charge is 0.330 e. The zero-order chi connectivity index (χ0) is 26.6. The third-order valence-electron chi connectivity index (χ3n) is 9.11. The average molecular weight is 527 g/mol. The fourth-order valence-electron chi connectivity index (χ4n) is 7.09. The number of fused-ring (bicyclic) bond motifs is 5. The Kier molecular flexibility index (Phi) is 5.57. The molecule has 7 rings (SSSR count). The van der Waals surface area contributed by atoms with Gasteiger partial charge in [-0.1, -0.05) is 97.4 Å². The Morgan fingerprint density at radius 1 is 0.641 bits per heavy atom. The number of halogens is 1. The summed E-state index contributed by atoms with van der Waals surface area (Å²) in [6.45, 7) is 4.88. The molecule has 0 spiro atoms. The van der Waals surface area contributed by atoms with Gasteiger partial charge < -0.3 is 9.80 Å². The maximum absolute atomic E-state index is 6.98.